The van der Waals surface area contributed by atoms with Crippen molar-refractivity contribution in [2.45, 2.75) is 64.9 Å². The fourth-order valence-corrected chi connectivity index (χ4v) is 5.92. The molecule has 0 amide bonds. The third-order valence-electron chi connectivity index (χ3n) is 6.95. The lowest BCUT2D eigenvalue weighted by Gasteiger charge is -2.49. The second-order valence-corrected chi connectivity index (χ2v) is 8.52. The van der Waals surface area contributed by atoms with Gasteiger partial charge in [-0.3, -0.25) is 14.4 Å². The van der Waals surface area contributed by atoms with Crippen LogP contribution < -0.4 is 4.74 Å². The molecule has 1 aromatic carbocycles. The number of carbonyl (C=O) groups is 3. The van der Waals surface area contributed by atoms with E-state index in [1.54, 1.807) is 0 Å². The smallest absolute Gasteiger partial charge is 0.308 e. The van der Waals surface area contributed by atoms with Gasteiger partial charge in [0.05, 0.1) is 0 Å². The van der Waals surface area contributed by atoms with E-state index in [4.69, 9.17) is 9.47 Å². The Labute approximate surface area is 159 Å². The molecule has 3 aliphatic carbocycles. The monoisotopic (exact) mass is 370 g/mol. The van der Waals surface area contributed by atoms with Crippen LogP contribution in [0.2, 0.25) is 0 Å². The number of hydrogen-bond donors (Lipinski definition) is 0. The zero-order chi connectivity index (χ0) is 19.3. The second-order valence-electron chi connectivity index (χ2n) is 8.52. The van der Waals surface area contributed by atoms with Gasteiger partial charge in [0.1, 0.15) is 17.6 Å². The zero-order valence-corrected chi connectivity index (χ0v) is 16.1. The van der Waals surface area contributed by atoms with E-state index < -0.39 is 0 Å². The Bertz CT molecular complexity index is 813. The highest BCUT2D eigenvalue weighted by atomic mass is 16.5. The minimum absolute atomic E-state index is 0.0916. The van der Waals surface area contributed by atoms with Crippen LogP contribution in [0, 0.1) is 17.3 Å². The molecular formula is C22H26O5. The molecule has 0 heterocycles. The molecule has 2 saturated carbocycles. The first-order valence-corrected chi connectivity index (χ1v) is 9.81. The van der Waals surface area contributed by atoms with Crippen molar-refractivity contribution in [2.24, 2.45) is 17.3 Å². The number of Topliss-reactive ketones (excluding diaryl/α,β-unsaturated/α-hetero) is 1. The summed E-state index contributed by atoms with van der Waals surface area (Å²) in [5, 5.41) is 0. The van der Waals surface area contributed by atoms with Crippen molar-refractivity contribution in [3.05, 3.63) is 29.3 Å². The minimum atomic E-state index is -0.379. The van der Waals surface area contributed by atoms with E-state index in [2.05, 4.69) is 13.0 Å². The van der Waals surface area contributed by atoms with Crippen LogP contribution >= 0.6 is 0 Å². The molecule has 3 aliphatic rings. The van der Waals surface area contributed by atoms with Gasteiger partial charge in [-0.05, 0) is 60.8 Å². The molecule has 0 aromatic heterocycles. The van der Waals surface area contributed by atoms with Gasteiger partial charge in [-0.25, -0.2) is 0 Å². The maximum Gasteiger partial charge on any atom is 0.308 e. The van der Waals surface area contributed by atoms with Crippen LogP contribution in [-0.4, -0.2) is 23.8 Å². The normalized spacial score (nSPS) is 34.3. The largest absolute Gasteiger partial charge is 0.462 e. The maximum atomic E-state index is 12.7. The molecule has 27 heavy (non-hydrogen) atoms. The topological polar surface area (TPSA) is 69.7 Å². The lowest BCUT2D eigenvalue weighted by atomic mass is 9.55. The van der Waals surface area contributed by atoms with Crippen molar-refractivity contribution in [3.63, 3.8) is 0 Å². The highest BCUT2D eigenvalue weighted by Gasteiger charge is 2.60. The number of fused-ring (bicyclic) bond motifs is 5. The first-order valence-electron chi connectivity index (χ1n) is 9.81. The van der Waals surface area contributed by atoms with E-state index in [1.807, 2.05) is 12.1 Å². The van der Waals surface area contributed by atoms with Crippen molar-refractivity contribution in [3.8, 4) is 5.75 Å². The van der Waals surface area contributed by atoms with Crippen molar-refractivity contribution < 1.29 is 23.9 Å². The summed E-state index contributed by atoms with van der Waals surface area (Å²) in [6.45, 7) is 4.90. The SMILES string of the molecule is CC(=O)Oc1ccc2c(c1)CC[C@H]1[C@@H]3[C@@H](OC(C)=O)CC(=O)[C@@]3(C)CC[C@H]21. The first-order chi connectivity index (χ1) is 12.8. The molecule has 144 valence electrons. The third kappa shape index (κ3) is 2.97. The number of ketones is 1. The summed E-state index contributed by atoms with van der Waals surface area (Å²) >= 11 is 0. The number of ether oxygens (including phenoxy) is 2. The fraction of sp³-hybridized carbons (Fsp3) is 0.591. The zero-order valence-electron chi connectivity index (χ0n) is 16.1. The van der Waals surface area contributed by atoms with Gasteiger partial charge in [-0.1, -0.05) is 13.0 Å². The van der Waals surface area contributed by atoms with Gasteiger partial charge >= 0.3 is 11.9 Å². The fourth-order valence-electron chi connectivity index (χ4n) is 5.92. The molecule has 2 fully saturated rings. The molecule has 4 rings (SSSR count). The molecule has 5 nitrogen and oxygen atoms in total. The molecule has 0 radical (unpaired) electrons. The Kier molecular flexibility index (Phi) is 4.36. The van der Waals surface area contributed by atoms with Gasteiger partial charge < -0.3 is 9.47 Å². The Hall–Kier alpha value is -2.17. The quantitative estimate of drug-likeness (QED) is 0.588. The number of esters is 2. The van der Waals surface area contributed by atoms with Gasteiger partial charge in [0.25, 0.3) is 0 Å². The summed E-state index contributed by atoms with van der Waals surface area (Å²) in [5.74, 6) is 1.01. The lowest BCUT2D eigenvalue weighted by Crippen LogP contribution is -2.46. The van der Waals surface area contributed by atoms with Crippen LogP contribution in [0.1, 0.15) is 63.5 Å². The van der Waals surface area contributed by atoms with E-state index in [9.17, 15) is 14.4 Å². The minimum Gasteiger partial charge on any atom is -0.462 e. The van der Waals surface area contributed by atoms with E-state index in [-0.39, 0.29) is 35.2 Å². The Balaban J connectivity index is 1.66. The summed E-state index contributed by atoms with van der Waals surface area (Å²) < 4.78 is 10.8. The van der Waals surface area contributed by atoms with Crippen LogP contribution in [0.25, 0.3) is 0 Å². The van der Waals surface area contributed by atoms with Gasteiger partial charge in [0, 0.05) is 31.6 Å². The Morgan fingerprint density at radius 2 is 1.93 bits per heavy atom. The van der Waals surface area contributed by atoms with Gasteiger partial charge in [0.2, 0.25) is 0 Å². The Morgan fingerprint density at radius 1 is 1.15 bits per heavy atom. The lowest BCUT2D eigenvalue weighted by molar-refractivity contribution is -0.152. The van der Waals surface area contributed by atoms with Crippen LogP contribution in [0.3, 0.4) is 0 Å². The average molecular weight is 370 g/mol. The first kappa shape index (κ1) is 18.2. The number of benzene rings is 1. The molecule has 5 heteroatoms. The average Bonchev–Trinajstić information content (AvgIpc) is 2.84. The summed E-state index contributed by atoms with van der Waals surface area (Å²) in [7, 11) is 0. The van der Waals surface area contributed by atoms with Crippen LogP contribution in [0.4, 0.5) is 0 Å². The summed E-state index contributed by atoms with van der Waals surface area (Å²) in [6, 6.07) is 5.91. The molecule has 0 unspecified atom stereocenters. The van der Waals surface area contributed by atoms with Gasteiger partial charge in [-0.15, -0.1) is 0 Å². The van der Waals surface area contributed by atoms with Crippen LogP contribution in [0.15, 0.2) is 18.2 Å². The molecule has 5 atom stereocenters. The van der Waals surface area contributed by atoms with E-state index in [1.165, 1.54) is 25.0 Å². The van der Waals surface area contributed by atoms with Crippen molar-refractivity contribution in [1.29, 1.82) is 0 Å². The van der Waals surface area contributed by atoms with Crippen molar-refractivity contribution in [1.82, 2.24) is 0 Å². The van der Waals surface area contributed by atoms with E-state index in [0.29, 0.717) is 24.0 Å². The molecule has 0 N–H and O–H groups in total. The molecule has 0 bridgehead atoms. The molecule has 0 saturated heterocycles. The highest BCUT2D eigenvalue weighted by Crippen LogP contribution is 2.60. The van der Waals surface area contributed by atoms with E-state index >= 15 is 0 Å². The Morgan fingerprint density at radius 3 is 2.63 bits per heavy atom. The predicted molar refractivity (Wildman–Crippen MR) is 98.3 cm³/mol. The molecular weight excluding hydrogens is 344 g/mol. The van der Waals surface area contributed by atoms with Crippen LogP contribution in [-0.2, 0) is 25.5 Å². The summed E-state index contributed by atoms with van der Waals surface area (Å²) in [6.07, 6.45) is 3.71. The summed E-state index contributed by atoms with van der Waals surface area (Å²) in [4.78, 5) is 35.6. The molecule has 0 aliphatic heterocycles. The number of aryl methyl sites for hydroxylation is 1. The van der Waals surface area contributed by atoms with Crippen molar-refractivity contribution >= 4 is 17.7 Å². The van der Waals surface area contributed by atoms with Crippen LogP contribution in [0.5, 0.6) is 5.75 Å². The number of rotatable bonds is 2. The number of hydrogen-bond acceptors (Lipinski definition) is 5. The third-order valence-corrected chi connectivity index (χ3v) is 6.95. The van der Waals surface area contributed by atoms with Gasteiger partial charge in [-0.2, -0.15) is 0 Å². The maximum absolute atomic E-state index is 12.7. The second kappa shape index (κ2) is 6.47. The summed E-state index contributed by atoms with van der Waals surface area (Å²) in [5.41, 5.74) is 2.15. The van der Waals surface area contributed by atoms with E-state index in [0.717, 1.165) is 25.7 Å². The molecule has 0 spiro atoms. The standard InChI is InChI=1S/C22H26O5/c1-12(23)26-15-5-7-16-14(10-15)4-6-18-17(16)8-9-22(3)20(25)11-19(21(18)22)27-13(2)24/h5,7,10,17-19,21H,4,6,8-9,11H2,1-3H3/t17-,18-,19+,21-,22-/m1/s1. The predicted octanol–water partition coefficient (Wildman–Crippen LogP) is 3.58. The van der Waals surface area contributed by atoms with Crippen molar-refractivity contribution in [2.75, 3.05) is 0 Å². The number of carbonyl (C=O) groups excluding carboxylic acids is 3. The highest BCUT2D eigenvalue weighted by molar-refractivity contribution is 5.88. The molecule has 1 aromatic rings. The van der Waals surface area contributed by atoms with Gasteiger partial charge in [0.15, 0.2) is 0 Å².